The lowest BCUT2D eigenvalue weighted by Gasteiger charge is -2.41. The van der Waals surface area contributed by atoms with Gasteiger partial charge in [0.1, 0.15) is 0 Å². The van der Waals surface area contributed by atoms with Crippen LogP contribution in [0.4, 0.5) is 0 Å². The Morgan fingerprint density at radius 1 is 1.39 bits per heavy atom. The zero-order chi connectivity index (χ0) is 13.2. The summed E-state index contributed by atoms with van der Waals surface area (Å²) < 4.78 is 0. The highest BCUT2D eigenvalue weighted by Crippen LogP contribution is 2.43. The average molecular weight is 263 g/mol. The number of benzene rings is 1. The summed E-state index contributed by atoms with van der Waals surface area (Å²) in [6.45, 7) is 8.16. The Bertz CT molecular complexity index is 400. The van der Waals surface area contributed by atoms with Crippen LogP contribution in [0.5, 0.6) is 0 Å². The SMILES string of the molecule is CSC(C)CNC1c2ccccc2CCC1(C)C. The van der Waals surface area contributed by atoms with Crippen molar-refractivity contribution in [2.24, 2.45) is 5.41 Å². The van der Waals surface area contributed by atoms with E-state index in [0.717, 1.165) is 6.54 Å². The van der Waals surface area contributed by atoms with Crippen molar-refractivity contribution in [2.75, 3.05) is 12.8 Å². The van der Waals surface area contributed by atoms with Crippen LogP contribution in [-0.4, -0.2) is 18.1 Å². The predicted molar refractivity (Wildman–Crippen MR) is 82.3 cm³/mol. The van der Waals surface area contributed by atoms with Crippen molar-refractivity contribution in [1.82, 2.24) is 5.32 Å². The molecule has 1 aromatic carbocycles. The minimum Gasteiger partial charge on any atom is -0.308 e. The Balaban J connectivity index is 2.19. The lowest BCUT2D eigenvalue weighted by Crippen LogP contribution is -2.40. The third-order valence-electron chi connectivity index (χ3n) is 4.20. The number of rotatable bonds is 4. The maximum Gasteiger partial charge on any atom is 0.0375 e. The van der Waals surface area contributed by atoms with Crippen molar-refractivity contribution in [3.63, 3.8) is 0 Å². The first-order valence-corrected chi connectivity index (χ1v) is 8.17. The minimum atomic E-state index is 0.354. The summed E-state index contributed by atoms with van der Waals surface area (Å²) in [6, 6.07) is 9.43. The van der Waals surface area contributed by atoms with E-state index in [-0.39, 0.29) is 0 Å². The molecule has 2 heteroatoms. The Morgan fingerprint density at radius 3 is 2.83 bits per heavy atom. The lowest BCUT2D eigenvalue weighted by atomic mass is 9.70. The van der Waals surface area contributed by atoms with Crippen LogP contribution in [0.3, 0.4) is 0 Å². The molecule has 2 rings (SSSR count). The molecule has 0 saturated heterocycles. The smallest absolute Gasteiger partial charge is 0.0375 e. The second-order valence-electron chi connectivity index (χ2n) is 6.07. The van der Waals surface area contributed by atoms with Crippen molar-refractivity contribution in [3.8, 4) is 0 Å². The molecule has 0 saturated carbocycles. The largest absolute Gasteiger partial charge is 0.308 e. The van der Waals surface area contributed by atoms with Crippen LogP contribution in [0.15, 0.2) is 24.3 Å². The molecule has 0 radical (unpaired) electrons. The van der Waals surface area contributed by atoms with Gasteiger partial charge in [-0.05, 0) is 35.6 Å². The van der Waals surface area contributed by atoms with E-state index in [9.17, 15) is 0 Å². The quantitative estimate of drug-likeness (QED) is 0.880. The monoisotopic (exact) mass is 263 g/mol. The molecular formula is C16H25NS. The number of hydrogen-bond acceptors (Lipinski definition) is 2. The van der Waals surface area contributed by atoms with Gasteiger partial charge in [0.25, 0.3) is 0 Å². The highest BCUT2D eigenvalue weighted by Gasteiger charge is 2.35. The van der Waals surface area contributed by atoms with Crippen LogP contribution in [0.2, 0.25) is 0 Å². The maximum atomic E-state index is 3.80. The Labute approximate surface area is 116 Å². The van der Waals surface area contributed by atoms with Crippen LogP contribution < -0.4 is 5.32 Å². The van der Waals surface area contributed by atoms with Gasteiger partial charge in [-0.2, -0.15) is 11.8 Å². The van der Waals surface area contributed by atoms with Gasteiger partial charge in [-0.1, -0.05) is 45.0 Å². The first-order chi connectivity index (χ1) is 8.54. The molecule has 0 spiro atoms. The number of fused-ring (bicyclic) bond motifs is 1. The van der Waals surface area contributed by atoms with E-state index in [2.05, 4.69) is 56.6 Å². The van der Waals surface area contributed by atoms with Crippen molar-refractivity contribution >= 4 is 11.8 Å². The third-order valence-corrected chi connectivity index (χ3v) is 5.17. The second-order valence-corrected chi connectivity index (χ2v) is 7.35. The fourth-order valence-electron chi connectivity index (χ4n) is 2.82. The molecule has 1 aliphatic carbocycles. The van der Waals surface area contributed by atoms with Gasteiger partial charge in [-0.3, -0.25) is 0 Å². The molecule has 1 N–H and O–H groups in total. The van der Waals surface area contributed by atoms with Gasteiger partial charge in [0.05, 0.1) is 0 Å². The molecule has 2 unspecified atom stereocenters. The van der Waals surface area contributed by atoms with Crippen LogP contribution >= 0.6 is 11.8 Å². The third kappa shape index (κ3) is 2.92. The van der Waals surface area contributed by atoms with Crippen molar-refractivity contribution in [1.29, 1.82) is 0 Å². The average Bonchev–Trinajstić information content (AvgIpc) is 2.36. The summed E-state index contributed by atoms with van der Waals surface area (Å²) in [5.74, 6) is 0. The van der Waals surface area contributed by atoms with Gasteiger partial charge in [-0.25, -0.2) is 0 Å². The molecule has 2 atom stereocenters. The van der Waals surface area contributed by atoms with Gasteiger partial charge in [0.15, 0.2) is 0 Å². The molecule has 0 fully saturated rings. The molecule has 18 heavy (non-hydrogen) atoms. The fourth-order valence-corrected chi connectivity index (χ4v) is 3.08. The first kappa shape index (κ1) is 14.0. The van der Waals surface area contributed by atoms with Crippen molar-refractivity contribution in [2.45, 2.75) is 44.9 Å². The molecule has 0 bridgehead atoms. The number of nitrogens with one attached hydrogen (secondary N) is 1. The summed E-state index contributed by atoms with van der Waals surface area (Å²) in [7, 11) is 0. The topological polar surface area (TPSA) is 12.0 Å². The molecule has 1 aromatic rings. The highest BCUT2D eigenvalue weighted by molar-refractivity contribution is 7.99. The molecular weight excluding hydrogens is 238 g/mol. The summed E-state index contributed by atoms with van der Waals surface area (Å²) in [5, 5.41) is 4.47. The molecule has 100 valence electrons. The molecule has 0 amide bonds. The number of hydrogen-bond donors (Lipinski definition) is 1. The van der Waals surface area contributed by atoms with Crippen molar-refractivity contribution < 1.29 is 0 Å². The minimum absolute atomic E-state index is 0.354. The first-order valence-electron chi connectivity index (χ1n) is 6.88. The highest BCUT2D eigenvalue weighted by atomic mass is 32.2. The number of aryl methyl sites for hydroxylation is 1. The predicted octanol–water partition coefficient (Wildman–Crippen LogP) is 4.04. The van der Waals surface area contributed by atoms with E-state index < -0.39 is 0 Å². The van der Waals surface area contributed by atoms with E-state index >= 15 is 0 Å². The van der Waals surface area contributed by atoms with E-state index in [1.54, 1.807) is 0 Å². The molecule has 1 aliphatic rings. The van der Waals surface area contributed by atoms with Gasteiger partial charge in [0, 0.05) is 17.8 Å². The van der Waals surface area contributed by atoms with Crippen LogP contribution in [0, 0.1) is 5.41 Å². The zero-order valence-corrected chi connectivity index (χ0v) is 12.8. The summed E-state index contributed by atoms with van der Waals surface area (Å²) in [6.07, 6.45) is 4.68. The van der Waals surface area contributed by atoms with Crippen LogP contribution in [0.25, 0.3) is 0 Å². The summed E-state index contributed by atoms with van der Waals surface area (Å²) in [5.41, 5.74) is 3.40. The Hall–Kier alpha value is -0.470. The van der Waals surface area contributed by atoms with Crippen LogP contribution in [0.1, 0.15) is 44.4 Å². The maximum absolute atomic E-state index is 3.80. The standard InChI is InChI=1S/C16H25NS/c1-12(18-4)11-17-15-14-8-6-5-7-13(14)9-10-16(15,2)3/h5-8,12,15,17H,9-11H2,1-4H3. The van der Waals surface area contributed by atoms with E-state index in [0.29, 0.717) is 16.7 Å². The zero-order valence-electron chi connectivity index (χ0n) is 12.0. The summed E-state index contributed by atoms with van der Waals surface area (Å²) in [4.78, 5) is 0. The van der Waals surface area contributed by atoms with E-state index in [4.69, 9.17) is 0 Å². The second kappa shape index (κ2) is 5.66. The van der Waals surface area contributed by atoms with Gasteiger partial charge in [-0.15, -0.1) is 0 Å². The Kier molecular flexibility index (Phi) is 4.39. The summed E-state index contributed by atoms with van der Waals surface area (Å²) >= 11 is 1.93. The normalized spacial score (nSPS) is 23.4. The van der Waals surface area contributed by atoms with Gasteiger partial charge in [0.2, 0.25) is 0 Å². The van der Waals surface area contributed by atoms with Gasteiger partial charge >= 0.3 is 0 Å². The number of thioether (sulfide) groups is 1. The molecule has 0 aliphatic heterocycles. The van der Waals surface area contributed by atoms with Crippen molar-refractivity contribution in [3.05, 3.63) is 35.4 Å². The van der Waals surface area contributed by atoms with Crippen LogP contribution in [-0.2, 0) is 6.42 Å². The van der Waals surface area contributed by atoms with Gasteiger partial charge < -0.3 is 5.32 Å². The molecule has 1 nitrogen and oxygen atoms in total. The fraction of sp³-hybridized carbons (Fsp3) is 0.625. The van der Waals surface area contributed by atoms with E-state index in [1.165, 1.54) is 24.0 Å². The molecule has 0 aromatic heterocycles. The molecule has 0 heterocycles. The lowest BCUT2D eigenvalue weighted by molar-refractivity contribution is 0.210. The van der Waals surface area contributed by atoms with E-state index in [1.807, 2.05) is 11.8 Å². The Morgan fingerprint density at radius 2 is 2.11 bits per heavy atom.